The molecule has 0 aliphatic heterocycles. The molecule has 71 valence electrons. The van der Waals surface area contributed by atoms with Crippen LogP contribution in [0.1, 0.15) is 11.7 Å². The molecule has 0 unspecified atom stereocenters. The van der Waals surface area contributed by atoms with Gasteiger partial charge in [0.15, 0.2) is 5.89 Å². The minimum absolute atomic E-state index is 0.588. The summed E-state index contributed by atoms with van der Waals surface area (Å²) in [5, 5.41) is 0.708. The van der Waals surface area contributed by atoms with Gasteiger partial charge in [0, 0.05) is 24.4 Å². The van der Waals surface area contributed by atoms with Crippen molar-refractivity contribution < 1.29 is 4.42 Å². The van der Waals surface area contributed by atoms with E-state index in [2.05, 4.69) is 11.9 Å². The molecule has 2 rings (SSSR count). The number of aryl methyl sites for hydroxylation is 1. The van der Waals surface area contributed by atoms with Crippen LogP contribution in [0.25, 0.3) is 11.3 Å². The van der Waals surface area contributed by atoms with E-state index in [0.29, 0.717) is 16.7 Å². The van der Waals surface area contributed by atoms with Crippen LogP contribution in [0.3, 0.4) is 0 Å². The molecule has 0 aliphatic rings. The second kappa shape index (κ2) is 3.46. The molecule has 1 aromatic carbocycles. The van der Waals surface area contributed by atoms with Crippen molar-refractivity contribution in [3.63, 3.8) is 0 Å². The molecular weight excluding hydrogens is 198 g/mol. The van der Waals surface area contributed by atoms with Crippen LogP contribution in [0.4, 0.5) is 0 Å². The van der Waals surface area contributed by atoms with E-state index in [1.165, 1.54) is 0 Å². The lowest BCUT2D eigenvalue weighted by Crippen LogP contribution is -1.80. The smallest absolute Gasteiger partial charge is 0.191 e. The highest BCUT2D eigenvalue weighted by molar-refractivity contribution is 6.30. The van der Waals surface area contributed by atoms with E-state index < -0.39 is 0 Å². The topological polar surface area (TPSA) is 26.0 Å². The van der Waals surface area contributed by atoms with Crippen molar-refractivity contribution in [1.82, 2.24) is 4.98 Å². The first-order chi connectivity index (χ1) is 6.66. The van der Waals surface area contributed by atoms with Crippen LogP contribution in [0.15, 0.2) is 28.7 Å². The number of aromatic nitrogens is 1. The standard InChI is InChI=1S/C11H9ClNO/c1-7-11(13-8(2)14-7)9-3-5-10(12)6-4-9/h3-6H,1H2,2H3. The van der Waals surface area contributed by atoms with Crippen molar-refractivity contribution in [2.75, 3.05) is 0 Å². The summed E-state index contributed by atoms with van der Waals surface area (Å²) in [4.78, 5) is 4.24. The third kappa shape index (κ3) is 1.66. The number of benzene rings is 1. The number of nitrogens with zero attached hydrogens (tertiary/aromatic N) is 1. The Morgan fingerprint density at radius 1 is 1.29 bits per heavy atom. The Labute approximate surface area is 87.5 Å². The van der Waals surface area contributed by atoms with E-state index in [0.717, 1.165) is 11.3 Å². The summed E-state index contributed by atoms with van der Waals surface area (Å²) >= 11 is 5.78. The van der Waals surface area contributed by atoms with Gasteiger partial charge in [0.1, 0.15) is 11.5 Å². The first-order valence-electron chi connectivity index (χ1n) is 4.22. The van der Waals surface area contributed by atoms with Gasteiger partial charge in [-0.1, -0.05) is 23.7 Å². The fourth-order valence-corrected chi connectivity index (χ4v) is 1.43. The number of rotatable bonds is 1. The van der Waals surface area contributed by atoms with Crippen LogP contribution in [-0.2, 0) is 0 Å². The molecular formula is C11H9ClNO. The van der Waals surface area contributed by atoms with Gasteiger partial charge >= 0.3 is 0 Å². The van der Waals surface area contributed by atoms with Crippen LogP contribution in [0, 0.1) is 13.8 Å². The maximum Gasteiger partial charge on any atom is 0.191 e. The predicted molar refractivity (Wildman–Crippen MR) is 56.1 cm³/mol. The van der Waals surface area contributed by atoms with Crippen molar-refractivity contribution in [1.29, 1.82) is 0 Å². The Kier molecular flexibility index (Phi) is 2.30. The lowest BCUT2D eigenvalue weighted by atomic mass is 10.1. The van der Waals surface area contributed by atoms with Crippen LogP contribution in [0.5, 0.6) is 0 Å². The third-order valence-electron chi connectivity index (χ3n) is 1.92. The first kappa shape index (κ1) is 9.28. The Morgan fingerprint density at radius 2 is 1.93 bits per heavy atom. The SMILES string of the molecule is [CH2]c1oc(C)nc1-c1ccc(Cl)cc1. The second-order valence-electron chi connectivity index (χ2n) is 3.01. The maximum absolute atomic E-state index is 5.78. The maximum atomic E-state index is 5.78. The molecule has 0 fully saturated rings. The molecule has 0 N–H and O–H groups in total. The molecule has 0 bridgehead atoms. The minimum atomic E-state index is 0.588. The molecule has 1 heterocycles. The highest BCUT2D eigenvalue weighted by Gasteiger charge is 2.08. The Morgan fingerprint density at radius 3 is 2.43 bits per heavy atom. The summed E-state index contributed by atoms with van der Waals surface area (Å²) in [6.45, 7) is 5.58. The van der Waals surface area contributed by atoms with Crippen molar-refractivity contribution in [2.45, 2.75) is 6.92 Å². The molecule has 3 heteroatoms. The normalized spacial score (nSPS) is 10.5. The number of oxazole rings is 1. The summed E-state index contributed by atoms with van der Waals surface area (Å²) in [7, 11) is 0. The molecule has 0 aliphatic carbocycles. The van der Waals surface area contributed by atoms with Crippen molar-refractivity contribution in [2.24, 2.45) is 0 Å². The summed E-state index contributed by atoms with van der Waals surface area (Å²) < 4.78 is 5.24. The van der Waals surface area contributed by atoms with E-state index in [1.807, 2.05) is 24.3 Å². The van der Waals surface area contributed by atoms with E-state index in [1.54, 1.807) is 6.92 Å². The molecule has 1 radical (unpaired) electrons. The lowest BCUT2D eigenvalue weighted by molar-refractivity contribution is 0.506. The van der Waals surface area contributed by atoms with Gasteiger partial charge < -0.3 is 4.42 Å². The fraction of sp³-hybridized carbons (Fsp3) is 0.0909. The van der Waals surface area contributed by atoms with E-state index in [-0.39, 0.29) is 0 Å². The highest BCUT2D eigenvalue weighted by atomic mass is 35.5. The van der Waals surface area contributed by atoms with Gasteiger partial charge in [-0.05, 0) is 12.1 Å². The summed E-state index contributed by atoms with van der Waals surface area (Å²) in [5.41, 5.74) is 1.75. The van der Waals surface area contributed by atoms with Gasteiger partial charge in [0.25, 0.3) is 0 Å². The zero-order valence-electron chi connectivity index (χ0n) is 7.75. The van der Waals surface area contributed by atoms with E-state index in [9.17, 15) is 0 Å². The largest absolute Gasteiger partial charge is 0.445 e. The van der Waals surface area contributed by atoms with Gasteiger partial charge in [0.2, 0.25) is 0 Å². The average Bonchev–Trinajstić information content (AvgIpc) is 2.47. The van der Waals surface area contributed by atoms with E-state index in [4.69, 9.17) is 16.0 Å². The second-order valence-corrected chi connectivity index (χ2v) is 3.45. The van der Waals surface area contributed by atoms with Gasteiger partial charge in [-0.25, -0.2) is 4.98 Å². The van der Waals surface area contributed by atoms with Gasteiger partial charge in [-0.2, -0.15) is 0 Å². The molecule has 0 atom stereocenters. The molecule has 0 saturated heterocycles. The summed E-state index contributed by atoms with van der Waals surface area (Å²) in [6.07, 6.45) is 0. The summed E-state index contributed by atoms with van der Waals surface area (Å²) in [5.74, 6) is 1.21. The molecule has 2 aromatic rings. The zero-order valence-corrected chi connectivity index (χ0v) is 8.51. The first-order valence-corrected chi connectivity index (χ1v) is 4.60. The molecule has 1 aromatic heterocycles. The van der Waals surface area contributed by atoms with Crippen molar-refractivity contribution >= 4 is 11.6 Å². The minimum Gasteiger partial charge on any atom is -0.445 e. The van der Waals surface area contributed by atoms with Crippen LogP contribution < -0.4 is 0 Å². The van der Waals surface area contributed by atoms with Gasteiger partial charge in [-0.15, -0.1) is 0 Å². The molecule has 2 nitrogen and oxygen atoms in total. The Hall–Kier alpha value is -1.28. The third-order valence-corrected chi connectivity index (χ3v) is 2.17. The molecule has 14 heavy (non-hydrogen) atoms. The van der Waals surface area contributed by atoms with Crippen molar-refractivity contribution in [3.05, 3.63) is 47.9 Å². The predicted octanol–water partition coefficient (Wildman–Crippen LogP) is 3.49. The monoisotopic (exact) mass is 206 g/mol. The molecule has 0 saturated carbocycles. The number of halogens is 1. The average molecular weight is 207 g/mol. The van der Waals surface area contributed by atoms with Crippen molar-refractivity contribution in [3.8, 4) is 11.3 Å². The molecule has 0 spiro atoms. The van der Waals surface area contributed by atoms with Crippen LogP contribution in [0.2, 0.25) is 5.02 Å². The van der Waals surface area contributed by atoms with Crippen LogP contribution >= 0.6 is 11.6 Å². The Bertz CT molecular complexity index is 445. The Balaban J connectivity index is 2.49. The number of hydrogen-bond donors (Lipinski definition) is 0. The quantitative estimate of drug-likeness (QED) is 0.714. The summed E-state index contributed by atoms with van der Waals surface area (Å²) in [6, 6.07) is 7.43. The number of hydrogen-bond acceptors (Lipinski definition) is 2. The highest BCUT2D eigenvalue weighted by Crippen LogP contribution is 2.24. The van der Waals surface area contributed by atoms with Crippen LogP contribution in [-0.4, -0.2) is 4.98 Å². The lowest BCUT2D eigenvalue weighted by Gasteiger charge is -1.96. The molecule has 0 amide bonds. The zero-order chi connectivity index (χ0) is 10.1. The fourth-order valence-electron chi connectivity index (χ4n) is 1.30. The van der Waals surface area contributed by atoms with Gasteiger partial charge in [0.05, 0.1) is 0 Å². The van der Waals surface area contributed by atoms with Gasteiger partial charge in [-0.3, -0.25) is 0 Å². The van der Waals surface area contributed by atoms with E-state index >= 15 is 0 Å².